The predicted molar refractivity (Wildman–Crippen MR) is 65.7 cm³/mol. The van der Waals surface area contributed by atoms with Crippen LogP contribution in [-0.4, -0.2) is 48.5 Å². The molecule has 1 rings (SSSR count). The lowest BCUT2D eigenvalue weighted by molar-refractivity contribution is 0.0694. The monoisotopic (exact) mass is 241 g/mol. The average molecular weight is 241 g/mol. The van der Waals surface area contributed by atoms with Crippen molar-refractivity contribution in [3.63, 3.8) is 0 Å². The van der Waals surface area contributed by atoms with E-state index in [0.717, 1.165) is 5.69 Å². The number of hydrogen-bond acceptors (Lipinski definition) is 7. The summed E-state index contributed by atoms with van der Waals surface area (Å²) in [5.74, 6) is 6.32. The summed E-state index contributed by atoms with van der Waals surface area (Å²) in [5.41, 5.74) is 3.21. The van der Waals surface area contributed by atoms with E-state index >= 15 is 0 Å². The second kappa shape index (κ2) is 6.33. The van der Waals surface area contributed by atoms with Crippen molar-refractivity contribution in [1.82, 2.24) is 9.97 Å². The third-order valence-electron chi connectivity index (χ3n) is 2.20. The van der Waals surface area contributed by atoms with Gasteiger partial charge in [0.2, 0.25) is 5.95 Å². The summed E-state index contributed by atoms with van der Waals surface area (Å²) in [6.07, 6.45) is -0.561. The SMILES string of the molecule is COCC(O)CN(C)c1cc(C)nc(NN)n1. The van der Waals surface area contributed by atoms with E-state index in [1.165, 1.54) is 0 Å². The Labute approximate surface area is 101 Å². The first-order valence-corrected chi connectivity index (χ1v) is 5.27. The zero-order valence-corrected chi connectivity index (χ0v) is 10.3. The number of anilines is 2. The first kappa shape index (κ1) is 13.6. The zero-order valence-electron chi connectivity index (χ0n) is 10.3. The number of likely N-dealkylation sites (N-methyl/N-ethyl adjacent to an activating group) is 1. The Morgan fingerprint density at radius 1 is 1.59 bits per heavy atom. The summed E-state index contributed by atoms with van der Waals surface area (Å²) < 4.78 is 4.87. The van der Waals surface area contributed by atoms with Crippen LogP contribution in [0.5, 0.6) is 0 Å². The molecule has 1 aromatic heterocycles. The van der Waals surface area contributed by atoms with Crippen LogP contribution in [0.2, 0.25) is 0 Å². The van der Waals surface area contributed by atoms with Gasteiger partial charge in [-0.2, -0.15) is 4.98 Å². The average Bonchev–Trinajstić information content (AvgIpc) is 2.28. The molecule has 0 fully saturated rings. The van der Waals surface area contributed by atoms with Crippen molar-refractivity contribution < 1.29 is 9.84 Å². The first-order valence-electron chi connectivity index (χ1n) is 5.27. The number of hydrazine groups is 1. The highest BCUT2D eigenvalue weighted by molar-refractivity contribution is 5.43. The standard InChI is InChI=1S/C10H19N5O2/c1-7-4-9(13-10(12-7)14-11)15(2)5-8(16)6-17-3/h4,8,16H,5-6,11H2,1-3H3,(H,12,13,14). The number of aliphatic hydroxyl groups is 1. The van der Waals surface area contributed by atoms with Crippen LogP contribution in [-0.2, 0) is 4.74 Å². The van der Waals surface area contributed by atoms with Gasteiger partial charge in [0.15, 0.2) is 0 Å². The lowest BCUT2D eigenvalue weighted by Gasteiger charge is -2.21. The van der Waals surface area contributed by atoms with Crippen molar-refractivity contribution in [1.29, 1.82) is 0 Å². The van der Waals surface area contributed by atoms with Crippen LogP contribution in [0.4, 0.5) is 11.8 Å². The lowest BCUT2D eigenvalue weighted by atomic mass is 10.3. The Kier molecular flexibility index (Phi) is 5.08. The van der Waals surface area contributed by atoms with Gasteiger partial charge in [-0.3, -0.25) is 5.43 Å². The molecule has 1 heterocycles. The third kappa shape index (κ3) is 4.14. The van der Waals surface area contributed by atoms with Gasteiger partial charge in [0.05, 0.1) is 12.7 Å². The molecule has 0 saturated heterocycles. The van der Waals surface area contributed by atoms with Crippen molar-refractivity contribution in [2.45, 2.75) is 13.0 Å². The van der Waals surface area contributed by atoms with E-state index in [0.29, 0.717) is 18.3 Å². The van der Waals surface area contributed by atoms with E-state index in [1.807, 2.05) is 24.9 Å². The molecule has 0 bridgehead atoms. The van der Waals surface area contributed by atoms with Gasteiger partial charge in [-0.1, -0.05) is 0 Å². The van der Waals surface area contributed by atoms with E-state index in [9.17, 15) is 5.11 Å². The Morgan fingerprint density at radius 2 is 2.29 bits per heavy atom. The number of hydrogen-bond donors (Lipinski definition) is 3. The number of nitrogen functional groups attached to an aromatic ring is 1. The number of nitrogens with one attached hydrogen (secondary N) is 1. The predicted octanol–water partition coefficient (Wildman–Crippen LogP) is -0.486. The van der Waals surface area contributed by atoms with Crippen molar-refractivity contribution >= 4 is 11.8 Å². The molecule has 96 valence electrons. The highest BCUT2D eigenvalue weighted by atomic mass is 16.5. The molecule has 4 N–H and O–H groups in total. The molecule has 17 heavy (non-hydrogen) atoms. The molecule has 0 aliphatic carbocycles. The van der Waals surface area contributed by atoms with E-state index in [1.54, 1.807) is 7.11 Å². The molecule has 1 unspecified atom stereocenters. The summed E-state index contributed by atoms with van der Waals surface area (Å²) in [7, 11) is 3.38. The fourth-order valence-corrected chi connectivity index (χ4v) is 1.47. The molecule has 0 spiro atoms. The maximum Gasteiger partial charge on any atom is 0.239 e. The molecule has 0 saturated carbocycles. The highest BCUT2D eigenvalue weighted by Crippen LogP contribution is 2.13. The number of aromatic nitrogens is 2. The molecule has 0 aliphatic heterocycles. The quantitative estimate of drug-likeness (QED) is 0.457. The van der Waals surface area contributed by atoms with Crippen molar-refractivity contribution in [3.8, 4) is 0 Å². The van der Waals surface area contributed by atoms with Gasteiger partial charge in [0.25, 0.3) is 0 Å². The van der Waals surface area contributed by atoms with E-state index in [4.69, 9.17) is 10.6 Å². The number of aliphatic hydroxyl groups excluding tert-OH is 1. The minimum Gasteiger partial charge on any atom is -0.389 e. The zero-order chi connectivity index (χ0) is 12.8. The van der Waals surface area contributed by atoms with Gasteiger partial charge in [-0.15, -0.1) is 0 Å². The second-order valence-corrected chi connectivity index (χ2v) is 3.83. The first-order chi connectivity index (χ1) is 8.06. The molecule has 1 aromatic rings. The smallest absolute Gasteiger partial charge is 0.239 e. The maximum atomic E-state index is 9.63. The molecular weight excluding hydrogens is 222 g/mol. The number of nitrogens with zero attached hydrogens (tertiary/aromatic N) is 3. The second-order valence-electron chi connectivity index (χ2n) is 3.83. The minimum absolute atomic E-state index is 0.288. The molecule has 7 heteroatoms. The Bertz CT molecular complexity index is 361. The topological polar surface area (TPSA) is 96.5 Å². The Morgan fingerprint density at radius 3 is 2.88 bits per heavy atom. The number of aryl methyl sites for hydroxylation is 1. The van der Waals surface area contributed by atoms with Crippen LogP contribution in [0.3, 0.4) is 0 Å². The van der Waals surface area contributed by atoms with Crippen LogP contribution in [0.15, 0.2) is 6.07 Å². The molecule has 7 nitrogen and oxygen atoms in total. The van der Waals surface area contributed by atoms with Crippen molar-refractivity contribution in [2.75, 3.05) is 37.6 Å². The number of rotatable bonds is 6. The number of nitrogens with two attached hydrogens (primary N) is 1. The lowest BCUT2D eigenvalue weighted by Crippen LogP contribution is -2.32. The van der Waals surface area contributed by atoms with Crippen LogP contribution in [0.25, 0.3) is 0 Å². The Balaban J connectivity index is 2.74. The largest absolute Gasteiger partial charge is 0.389 e. The third-order valence-corrected chi connectivity index (χ3v) is 2.20. The van der Waals surface area contributed by atoms with Crippen LogP contribution >= 0.6 is 0 Å². The summed E-state index contributed by atoms with van der Waals surface area (Å²) in [6, 6.07) is 1.82. The maximum absolute atomic E-state index is 9.63. The summed E-state index contributed by atoms with van der Waals surface area (Å²) >= 11 is 0. The van der Waals surface area contributed by atoms with Crippen LogP contribution in [0, 0.1) is 6.92 Å². The van der Waals surface area contributed by atoms with Gasteiger partial charge in [-0.25, -0.2) is 10.8 Å². The van der Waals surface area contributed by atoms with E-state index in [-0.39, 0.29) is 6.61 Å². The molecule has 0 aromatic carbocycles. The summed E-state index contributed by atoms with van der Waals surface area (Å²) in [4.78, 5) is 10.1. The minimum atomic E-state index is -0.561. The summed E-state index contributed by atoms with van der Waals surface area (Å²) in [6.45, 7) is 2.57. The fourth-order valence-electron chi connectivity index (χ4n) is 1.47. The van der Waals surface area contributed by atoms with Gasteiger partial charge in [0.1, 0.15) is 5.82 Å². The van der Waals surface area contributed by atoms with Crippen molar-refractivity contribution in [2.24, 2.45) is 5.84 Å². The normalized spacial score (nSPS) is 12.3. The molecular formula is C10H19N5O2. The van der Waals surface area contributed by atoms with Gasteiger partial charge in [0, 0.05) is 32.5 Å². The fraction of sp³-hybridized carbons (Fsp3) is 0.600. The van der Waals surface area contributed by atoms with Gasteiger partial charge >= 0.3 is 0 Å². The molecule has 1 atom stereocenters. The van der Waals surface area contributed by atoms with E-state index < -0.39 is 6.10 Å². The van der Waals surface area contributed by atoms with E-state index in [2.05, 4.69) is 15.4 Å². The molecule has 0 aliphatic rings. The highest BCUT2D eigenvalue weighted by Gasteiger charge is 2.11. The number of ether oxygens (including phenoxy) is 1. The summed E-state index contributed by atoms with van der Waals surface area (Å²) in [5, 5.41) is 9.63. The van der Waals surface area contributed by atoms with Gasteiger partial charge < -0.3 is 14.7 Å². The number of methoxy groups -OCH3 is 1. The molecule has 0 amide bonds. The van der Waals surface area contributed by atoms with Gasteiger partial charge in [-0.05, 0) is 6.92 Å². The molecule has 0 radical (unpaired) electrons. The van der Waals surface area contributed by atoms with Crippen LogP contribution in [0.1, 0.15) is 5.69 Å². The Hall–Kier alpha value is -1.44. The van der Waals surface area contributed by atoms with Crippen molar-refractivity contribution in [3.05, 3.63) is 11.8 Å². The van der Waals surface area contributed by atoms with Crippen LogP contribution < -0.4 is 16.2 Å².